The number of primary amides is 1. The van der Waals surface area contributed by atoms with Gasteiger partial charge in [-0.3, -0.25) is 14.4 Å². The van der Waals surface area contributed by atoms with E-state index in [0.717, 1.165) is 37.7 Å². The highest BCUT2D eigenvalue weighted by atomic mass is 16.3. The van der Waals surface area contributed by atoms with Crippen LogP contribution >= 0.6 is 0 Å². The zero-order chi connectivity index (χ0) is 19.7. The molecule has 0 spiro atoms. The van der Waals surface area contributed by atoms with Gasteiger partial charge in [-0.25, -0.2) is 0 Å². The van der Waals surface area contributed by atoms with Gasteiger partial charge in [0.05, 0.1) is 0 Å². The molecule has 7 atom stereocenters. The molecule has 0 bridgehead atoms. The number of ketones is 2. The lowest BCUT2D eigenvalue weighted by molar-refractivity contribution is -0.143. The molecule has 146 valence electrons. The molecule has 5 nitrogen and oxygen atoms in total. The molecule has 5 heteroatoms. The maximum absolute atomic E-state index is 12.6. The highest BCUT2D eigenvalue weighted by Gasteiger charge is 2.63. The molecule has 4 rings (SSSR count). The number of rotatable bonds is 2. The first-order chi connectivity index (χ1) is 12.6. The molecule has 4 aliphatic carbocycles. The Hall–Kier alpha value is -1.91. The molecule has 0 aromatic heterocycles. The summed E-state index contributed by atoms with van der Waals surface area (Å²) in [7, 11) is 0. The molecule has 3 saturated carbocycles. The van der Waals surface area contributed by atoms with Crippen molar-refractivity contribution in [3.63, 3.8) is 0 Å². The number of hydrogen-bond acceptors (Lipinski definition) is 4. The van der Waals surface area contributed by atoms with Gasteiger partial charge in [-0.05, 0) is 74.2 Å². The van der Waals surface area contributed by atoms with Crippen LogP contribution in [0.2, 0.25) is 0 Å². The van der Waals surface area contributed by atoms with Gasteiger partial charge in [0, 0.05) is 17.4 Å². The number of carbonyl (C=O) groups is 3. The molecule has 0 saturated heterocycles. The molecule has 0 radical (unpaired) electrons. The summed E-state index contributed by atoms with van der Waals surface area (Å²) in [6.45, 7) is 6.30. The Balaban J connectivity index is 1.71. The summed E-state index contributed by atoms with van der Waals surface area (Å²) in [6, 6.07) is 0. The number of Topliss-reactive ketones (excluding diaryl/α,β-unsaturated/α-hetero) is 1. The van der Waals surface area contributed by atoms with Crippen LogP contribution in [0.25, 0.3) is 0 Å². The zero-order valence-electron chi connectivity index (χ0n) is 16.3. The number of allylic oxidation sites excluding steroid dienone is 3. The van der Waals surface area contributed by atoms with Crippen LogP contribution in [0.4, 0.5) is 0 Å². The van der Waals surface area contributed by atoms with E-state index < -0.39 is 17.1 Å². The van der Waals surface area contributed by atoms with E-state index in [1.807, 2.05) is 0 Å². The van der Waals surface area contributed by atoms with E-state index >= 15 is 0 Å². The Morgan fingerprint density at radius 2 is 1.89 bits per heavy atom. The summed E-state index contributed by atoms with van der Waals surface area (Å²) >= 11 is 0. The summed E-state index contributed by atoms with van der Waals surface area (Å²) in [5.74, 6) is -0.355. The van der Waals surface area contributed by atoms with Crippen molar-refractivity contribution in [1.82, 2.24) is 0 Å². The Kier molecular flexibility index (Phi) is 3.96. The van der Waals surface area contributed by atoms with Gasteiger partial charge in [0.2, 0.25) is 5.78 Å². The predicted molar refractivity (Wildman–Crippen MR) is 100 cm³/mol. The van der Waals surface area contributed by atoms with Gasteiger partial charge in [0.15, 0.2) is 5.78 Å². The number of amides is 1. The quantitative estimate of drug-likeness (QED) is 0.729. The topological polar surface area (TPSA) is 97.5 Å². The van der Waals surface area contributed by atoms with Crippen LogP contribution in [0.5, 0.6) is 0 Å². The number of nitrogens with two attached hydrogens (primary N) is 1. The summed E-state index contributed by atoms with van der Waals surface area (Å²) in [4.78, 5) is 36.1. The highest BCUT2D eigenvalue weighted by molar-refractivity contribution is 6.36. The summed E-state index contributed by atoms with van der Waals surface area (Å²) in [5.41, 5.74) is 5.72. The van der Waals surface area contributed by atoms with Crippen LogP contribution in [0.1, 0.15) is 52.9 Å². The van der Waals surface area contributed by atoms with Gasteiger partial charge in [0.25, 0.3) is 5.91 Å². The Bertz CT molecular complexity index is 796. The van der Waals surface area contributed by atoms with E-state index in [0.29, 0.717) is 11.8 Å². The molecule has 0 aromatic carbocycles. The first-order valence-corrected chi connectivity index (χ1v) is 10.1. The minimum Gasteiger partial charge on any atom is -0.511 e. The first-order valence-electron chi connectivity index (χ1n) is 10.1. The summed E-state index contributed by atoms with van der Waals surface area (Å²) < 4.78 is 0. The normalized spacial score (nSPS) is 45.9. The van der Waals surface area contributed by atoms with E-state index in [2.05, 4.69) is 20.8 Å². The van der Waals surface area contributed by atoms with Crippen LogP contribution in [-0.4, -0.2) is 22.6 Å². The average molecular weight is 371 g/mol. The maximum atomic E-state index is 12.6. The van der Waals surface area contributed by atoms with Gasteiger partial charge in [-0.2, -0.15) is 0 Å². The second kappa shape index (κ2) is 5.79. The van der Waals surface area contributed by atoms with E-state index in [1.165, 1.54) is 6.08 Å². The largest absolute Gasteiger partial charge is 0.511 e. The molecule has 0 unspecified atom stereocenters. The molecule has 0 aromatic rings. The second-order valence-corrected chi connectivity index (χ2v) is 9.68. The lowest BCUT2D eigenvalue weighted by Gasteiger charge is -2.57. The van der Waals surface area contributed by atoms with Crippen molar-refractivity contribution in [3.8, 4) is 0 Å². The van der Waals surface area contributed by atoms with E-state index in [-0.39, 0.29) is 34.7 Å². The van der Waals surface area contributed by atoms with Crippen LogP contribution in [0.15, 0.2) is 23.5 Å². The van der Waals surface area contributed by atoms with E-state index in [9.17, 15) is 19.5 Å². The third kappa shape index (κ3) is 2.33. The zero-order valence-corrected chi connectivity index (χ0v) is 16.3. The van der Waals surface area contributed by atoms with Crippen LogP contribution in [0, 0.1) is 40.4 Å². The van der Waals surface area contributed by atoms with E-state index in [1.54, 1.807) is 6.08 Å². The van der Waals surface area contributed by atoms with Crippen molar-refractivity contribution >= 4 is 17.5 Å². The van der Waals surface area contributed by atoms with Gasteiger partial charge in [-0.1, -0.05) is 19.4 Å². The third-order valence-electron chi connectivity index (χ3n) is 8.59. The lowest BCUT2D eigenvalue weighted by atomic mass is 9.47. The van der Waals surface area contributed by atoms with Gasteiger partial charge < -0.3 is 10.8 Å². The summed E-state index contributed by atoms with van der Waals surface area (Å²) in [6.07, 6.45) is 7.49. The monoisotopic (exact) mass is 371 g/mol. The molecule has 4 aliphatic rings. The minimum atomic E-state index is -0.817. The average Bonchev–Trinajstić information content (AvgIpc) is 2.86. The molecule has 3 fully saturated rings. The number of hydrogen-bond donors (Lipinski definition) is 2. The van der Waals surface area contributed by atoms with Crippen LogP contribution < -0.4 is 5.73 Å². The highest BCUT2D eigenvalue weighted by Crippen LogP contribution is 2.67. The molecule has 0 aliphatic heterocycles. The fourth-order valence-electron chi connectivity index (χ4n) is 7.38. The molecule has 0 heterocycles. The molecule has 1 amide bonds. The smallest absolute Gasteiger partial charge is 0.285 e. The SMILES string of the molecule is C[C@@H]1C[C@H]2[C@@H]3CCC4=CC(=O)C=C(O)[C@]4(C)[C@H]3CC[C@]2(C)[C@H]1C(=O)C(N)=O. The lowest BCUT2D eigenvalue weighted by Crippen LogP contribution is -2.52. The third-order valence-corrected chi connectivity index (χ3v) is 8.59. The number of aliphatic hydroxyl groups excluding tert-OH is 1. The molecular weight excluding hydrogens is 342 g/mol. The molecule has 3 N–H and O–H groups in total. The Morgan fingerprint density at radius 1 is 1.19 bits per heavy atom. The van der Waals surface area contributed by atoms with Gasteiger partial charge in [-0.15, -0.1) is 0 Å². The van der Waals surface area contributed by atoms with Crippen LogP contribution in [-0.2, 0) is 14.4 Å². The van der Waals surface area contributed by atoms with Crippen LogP contribution in [0.3, 0.4) is 0 Å². The molecule has 27 heavy (non-hydrogen) atoms. The van der Waals surface area contributed by atoms with Crippen molar-refractivity contribution in [3.05, 3.63) is 23.5 Å². The standard InChI is InChI=1S/C22H29NO4/c1-11-8-16-14-5-4-12-9-13(24)10-17(25)22(12,3)15(14)6-7-21(16,2)18(11)19(26)20(23)27/h9-11,14-16,18,25H,4-8H2,1-3H3,(H2,23,27)/t11-,14-,15+,16+,18-,21+,22+/m1/s1. The van der Waals surface area contributed by atoms with Crippen molar-refractivity contribution < 1.29 is 19.5 Å². The summed E-state index contributed by atoms with van der Waals surface area (Å²) in [5, 5.41) is 10.7. The number of aliphatic hydroxyl groups is 1. The predicted octanol–water partition coefficient (Wildman–Crippen LogP) is 3.10. The van der Waals surface area contributed by atoms with E-state index in [4.69, 9.17) is 5.73 Å². The fourth-order valence-corrected chi connectivity index (χ4v) is 7.38. The number of fused-ring (bicyclic) bond motifs is 5. The maximum Gasteiger partial charge on any atom is 0.285 e. The van der Waals surface area contributed by atoms with Gasteiger partial charge >= 0.3 is 0 Å². The second-order valence-electron chi connectivity index (χ2n) is 9.68. The van der Waals surface area contributed by atoms with Crippen molar-refractivity contribution in [1.29, 1.82) is 0 Å². The van der Waals surface area contributed by atoms with Gasteiger partial charge in [0.1, 0.15) is 5.76 Å². The van der Waals surface area contributed by atoms with Crippen molar-refractivity contribution in [2.45, 2.75) is 52.9 Å². The fraction of sp³-hybridized carbons (Fsp3) is 0.682. The first kappa shape index (κ1) is 18.5. The Morgan fingerprint density at radius 3 is 2.56 bits per heavy atom. The van der Waals surface area contributed by atoms with Crippen molar-refractivity contribution in [2.24, 2.45) is 46.2 Å². The molecular formula is C22H29NO4. The Labute approximate surface area is 160 Å². The minimum absolute atomic E-state index is 0.124. The van der Waals surface area contributed by atoms with Crippen molar-refractivity contribution in [2.75, 3.05) is 0 Å². The number of carbonyl (C=O) groups excluding carboxylic acids is 3.